The first-order valence-corrected chi connectivity index (χ1v) is 11.1. The lowest BCUT2D eigenvalue weighted by Crippen LogP contribution is -2.08. The van der Waals surface area contributed by atoms with Crippen LogP contribution in [-0.4, -0.2) is 6.61 Å². The molecule has 0 unspecified atom stereocenters. The summed E-state index contributed by atoms with van der Waals surface area (Å²) in [7, 11) is 0. The molecule has 170 valence electrons. The molecule has 0 heterocycles. The van der Waals surface area contributed by atoms with Gasteiger partial charge in [0.25, 0.3) is 0 Å². The Morgan fingerprint density at radius 1 is 0.688 bits per heavy atom. The third-order valence-corrected chi connectivity index (χ3v) is 5.45. The van der Waals surface area contributed by atoms with Crippen LogP contribution in [0.4, 0.5) is 17.6 Å². The van der Waals surface area contributed by atoms with Crippen molar-refractivity contribution in [1.29, 1.82) is 0 Å². The molecule has 0 saturated carbocycles. The van der Waals surface area contributed by atoms with E-state index in [9.17, 15) is 17.6 Å². The Morgan fingerprint density at radius 3 is 2.00 bits per heavy atom. The Labute approximate surface area is 187 Å². The molecule has 3 aromatic carbocycles. The molecule has 3 aromatic rings. The highest BCUT2D eigenvalue weighted by Gasteiger charge is 2.35. The van der Waals surface area contributed by atoms with Crippen molar-refractivity contribution in [2.75, 3.05) is 6.61 Å². The van der Waals surface area contributed by atoms with E-state index in [0.717, 1.165) is 30.2 Å². The second kappa shape index (κ2) is 11.2. The third kappa shape index (κ3) is 6.12. The molecule has 0 N–H and O–H groups in total. The predicted octanol–water partition coefficient (Wildman–Crippen LogP) is 8.92. The van der Waals surface area contributed by atoms with Crippen LogP contribution in [0, 0.1) is 5.82 Å². The minimum absolute atomic E-state index is 0.0705. The molecule has 0 fully saturated rings. The Hall–Kier alpha value is -2.82. The zero-order chi connectivity index (χ0) is 23.0. The average molecular weight is 445 g/mol. The molecule has 0 aliphatic heterocycles. The quantitative estimate of drug-likeness (QED) is 0.224. The minimum atomic E-state index is -4.75. The molecule has 0 amide bonds. The van der Waals surface area contributed by atoms with Gasteiger partial charge in [0.2, 0.25) is 0 Å². The molecular weight excluding hydrogens is 416 g/mol. The molecule has 0 aliphatic rings. The van der Waals surface area contributed by atoms with E-state index in [1.807, 2.05) is 24.3 Å². The Kier molecular flexibility index (Phi) is 8.32. The number of ether oxygens (including phenoxy) is 1. The van der Waals surface area contributed by atoms with E-state index < -0.39 is 17.6 Å². The van der Waals surface area contributed by atoms with Crippen molar-refractivity contribution in [3.63, 3.8) is 0 Å². The van der Waals surface area contributed by atoms with Gasteiger partial charge in [-0.1, -0.05) is 87.6 Å². The lowest BCUT2D eigenvalue weighted by Gasteiger charge is -2.15. The minimum Gasteiger partial charge on any atom is -0.494 e. The van der Waals surface area contributed by atoms with Crippen LogP contribution in [0.25, 0.3) is 22.3 Å². The van der Waals surface area contributed by atoms with Crippen molar-refractivity contribution >= 4 is 0 Å². The first-order chi connectivity index (χ1) is 15.4. The van der Waals surface area contributed by atoms with Crippen LogP contribution in [0.3, 0.4) is 0 Å². The van der Waals surface area contributed by atoms with Gasteiger partial charge in [-0.2, -0.15) is 13.2 Å². The Morgan fingerprint density at radius 2 is 1.31 bits per heavy atom. The van der Waals surface area contributed by atoms with Crippen LogP contribution in [-0.2, 0) is 6.18 Å². The van der Waals surface area contributed by atoms with Gasteiger partial charge in [-0.3, -0.25) is 0 Å². The van der Waals surface area contributed by atoms with E-state index in [2.05, 4.69) is 6.92 Å². The number of benzene rings is 3. The largest absolute Gasteiger partial charge is 0.494 e. The first-order valence-electron chi connectivity index (χ1n) is 11.1. The molecular formula is C27H28F4O. The molecule has 0 aromatic heterocycles. The van der Waals surface area contributed by atoms with Gasteiger partial charge in [-0.15, -0.1) is 0 Å². The SMILES string of the molecule is CCCCCCCCOc1ccc(-c2ccccc2-c2cccc(C(F)(F)F)c2F)cc1. The van der Waals surface area contributed by atoms with Gasteiger partial charge in [0, 0.05) is 5.56 Å². The summed E-state index contributed by atoms with van der Waals surface area (Å²) >= 11 is 0. The molecule has 0 atom stereocenters. The highest BCUT2D eigenvalue weighted by Crippen LogP contribution is 2.39. The molecule has 3 rings (SSSR count). The summed E-state index contributed by atoms with van der Waals surface area (Å²) in [5, 5.41) is 0. The molecule has 0 aliphatic carbocycles. The smallest absolute Gasteiger partial charge is 0.419 e. The van der Waals surface area contributed by atoms with E-state index in [-0.39, 0.29) is 5.56 Å². The second-order valence-corrected chi connectivity index (χ2v) is 7.85. The van der Waals surface area contributed by atoms with Gasteiger partial charge in [0.15, 0.2) is 0 Å². The van der Waals surface area contributed by atoms with Crippen LogP contribution in [0.2, 0.25) is 0 Å². The van der Waals surface area contributed by atoms with Crippen molar-refractivity contribution in [3.05, 3.63) is 78.1 Å². The summed E-state index contributed by atoms with van der Waals surface area (Å²) in [6, 6.07) is 17.6. The van der Waals surface area contributed by atoms with Crippen molar-refractivity contribution in [3.8, 4) is 28.0 Å². The molecule has 32 heavy (non-hydrogen) atoms. The standard InChI is InChI=1S/C27H28F4O/c1-2-3-4-5-6-9-19-32-21-17-15-20(16-18-21)22-11-7-8-12-23(22)24-13-10-14-25(26(24)28)27(29,30)31/h7-8,10-18H,2-6,9,19H2,1H3. The van der Waals surface area contributed by atoms with E-state index in [1.54, 1.807) is 24.3 Å². The summed E-state index contributed by atoms with van der Waals surface area (Å²) < 4.78 is 60.0. The fourth-order valence-corrected chi connectivity index (χ4v) is 3.73. The van der Waals surface area contributed by atoms with Crippen LogP contribution < -0.4 is 4.74 Å². The maximum absolute atomic E-state index is 14.7. The lowest BCUT2D eigenvalue weighted by molar-refractivity contribution is -0.139. The Bertz CT molecular complexity index is 993. The van der Waals surface area contributed by atoms with Gasteiger partial charge < -0.3 is 4.74 Å². The van der Waals surface area contributed by atoms with Gasteiger partial charge in [0.05, 0.1) is 12.2 Å². The van der Waals surface area contributed by atoms with E-state index in [4.69, 9.17) is 4.74 Å². The summed E-state index contributed by atoms with van der Waals surface area (Å²) in [4.78, 5) is 0. The van der Waals surface area contributed by atoms with Crippen LogP contribution >= 0.6 is 0 Å². The van der Waals surface area contributed by atoms with Crippen molar-refractivity contribution in [2.24, 2.45) is 0 Å². The Balaban J connectivity index is 1.74. The van der Waals surface area contributed by atoms with Gasteiger partial charge in [-0.25, -0.2) is 4.39 Å². The number of halogens is 4. The van der Waals surface area contributed by atoms with Gasteiger partial charge in [0.1, 0.15) is 11.6 Å². The molecule has 0 bridgehead atoms. The fourth-order valence-electron chi connectivity index (χ4n) is 3.73. The zero-order valence-electron chi connectivity index (χ0n) is 18.2. The number of unbranched alkanes of at least 4 members (excludes halogenated alkanes) is 5. The topological polar surface area (TPSA) is 9.23 Å². The second-order valence-electron chi connectivity index (χ2n) is 7.85. The molecule has 0 saturated heterocycles. The molecule has 5 heteroatoms. The van der Waals surface area contributed by atoms with E-state index >= 15 is 0 Å². The third-order valence-electron chi connectivity index (χ3n) is 5.45. The highest BCUT2D eigenvalue weighted by molar-refractivity contribution is 5.84. The zero-order valence-corrected chi connectivity index (χ0v) is 18.2. The normalized spacial score (nSPS) is 11.5. The summed E-state index contributed by atoms with van der Waals surface area (Å²) in [6.07, 6.45) is 2.39. The summed E-state index contributed by atoms with van der Waals surface area (Å²) in [6.45, 7) is 2.85. The van der Waals surface area contributed by atoms with Gasteiger partial charge >= 0.3 is 6.18 Å². The van der Waals surface area contributed by atoms with Gasteiger partial charge in [-0.05, 0) is 41.3 Å². The van der Waals surface area contributed by atoms with Crippen LogP contribution in [0.1, 0.15) is 51.0 Å². The number of alkyl halides is 3. The van der Waals surface area contributed by atoms with Crippen molar-refractivity contribution in [2.45, 2.75) is 51.6 Å². The predicted molar refractivity (Wildman–Crippen MR) is 121 cm³/mol. The number of rotatable bonds is 10. The van der Waals surface area contributed by atoms with Crippen LogP contribution in [0.5, 0.6) is 5.75 Å². The molecule has 1 nitrogen and oxygen atoms in total. The number of hydrogen-bond acceptors (Lipinski definition) is 1. The summed E-state index contributed by atoms with van der Waals surface area (Å²) in [5.41, 5.74) is 0.524. The number of hydrogen-bond donors (Lipinski definition) is 0. The maximum atomic E-state index is 14.7. The lowest BCUT2D eigenvalue weighted by atomic mass is 9.93. The van der Waals surface area contributed by atoms with E-state index in [1.165, 1.54) is 37.8 Å². The van der Waals surface area contributed by atoms with E-state index in [0.29, 0.717) is 17.7 Å². The first kappa shape index (κ1) is 23.8. The van der Waals surface area contributed by atoms with Crippen LogP contribution in [0.15, 0.2) is 66.7 Å². The van der Waals surface area contributed by atoms with Crippen molar-refractivity contribution in [1.82, 2.24) is 0 Å². The monoisotopic (exact) mass is 444 g/mol. The maximum Gasteiger partial charge on any atom is 0.419 e. The highest BCUT2D eigenvalue weighted by atomic mass is 19.4. The van der Waals surface area contributed by atoms with Crippen molar-refractivity contribution < 1.29 is 22.3 Å². The fraction of sp³-hybridized carbons (Fsp3) is 0.333. The average Bonchev–Trinajstić information content (AvgIpc) is 2.78. The molecule has 0 radical (unpaired) electrons. The summed E-state index contributed by atoms with van der Waals surface area (Å²) in [5.74, 6) is -0.517. The molecule has 0 spiro atoms.